The molecule has 0 spiro atoms. The second-order valence-electron chi connectivity index (χ2n) is 4.06. The van der Waals surface area contributed by atoms with Crippen molar-refractivity contribution in [2.24, 2.45) is 0 Å². The number of pyridine rings is 1. The van der Waals surface area contributed by atoms with E-state index < -0.39 is 0 Å². The summed E-state index contributed by atoms with van der Waals surface area (Å²) < 4.78 is 5.24. The van der Waals surface area contributed by atoms with E-state index in [1.54, 1.807) is 31.1 Å². The number of nitrogens with one attached hydrogen (secondary N) is 1. The summed E-state index contributed by atoms with van der Waals surface area (Å²) in [7, 11) is 3.56. The van der Waals surface area contributed by atoms with E-state index in [9.17, 15) is 4.79 Å². The molecule has 0 aromatic carbocycles. The second kappa shape index (κ2) is 6.96. The smallest absolute Gasteiger partial charge is 0.253 e. The summed E-state index contributed by atoms with van der Waals surface area (Å²) in [6.45, 7) is 5.62. The van der Waals surface area contributed by atoms with Crippen molar-refractivity contribution in [1.82, 2.24) is 9.88 Å². The number of carbonyl (C=O) groups excluding carboxylic acids is 1. The SMILES string of the molecule is CCOCCN(C)C(=O)c1cc(C)nc(NC)c1. The van der Waals surface area contributed by atoms with Crippen molar-refractivity contribution in [2.75, 3.05) is 39.2 Å². The zero-order valence-electron chi connectivity index (χ0n) is 11.5. The van der Waals surface area contributed by atoms with Crippen LogP contribution in [0.25, 0.3) is 0 Å². The second-order valence-corrected chi connectivity index (χ2v) is 4.06. The molecule has 0 unspecified atom stereocenters. The lowest BCUT2D eigenvalue weighted by molar-refractivity contribution is 0.0710. The number of hydrogen-bond acceptors (Lipinski definition) is 4. The van der Waals surface area contributed by atoms with E-state index in [4.69, 9.17) is 4.74 Å². The number of anilines is 1. The quantitative estimate of drug-likeness (QED) is 0.779. The van der Waals surface area contributed by atoms with Crippen LogP contribution in [0.4, 0.5) is 5.82 Å². The fourth-order valence-electron chi connectivity index (χ4n) is 1.59. The molecule has 100 valence electrons. The number of aromatic nitrogens is 1. The third-order valence-corrected chi connectivity index (χ3v) is 2.58. The third kappa shape index (κ3) is 4.00. The molecule has 5 nitrogen and oxygen atoms in total. The zero-order chi connectivity index (χ0) is 13.5. The van der Waals surface area contributed by atoms with Crippen LogP contribution in [0.5, 0.6) is 0 Å². The zero-order valence-corrected chi connectivity index (χ0v) is 11.5. The molecule has 1 N–H and O–H groups in total. The molecule has 1 aromatic heterocycles. The molecule has 0 radical (unpaired) electrons. The molecular formula is C13H21N3O2. The lowest BCUT2D eigenvalue weighted by atomic mass is 10.2. The fourth-order valence-corrected chi connectivity index (χ4v) is 1.59. The maximum atomic E-state index is 12.2. The van der Waals surface area contributed by atoms with Gasteiger partial charge in [0.05, 0.1) is 6.61 Å². The molecule has 0 aliphatic rings. The summed E-state index contributed by atoms with van der Waals surface area (Å²) in [5.41, 5.74) is 1.47. The number of ether oxygens (including phenoxy) is 1. The molecule has 1 aromatic rings. The third-order valence-electron chi connectivity index (χ3n) is 2.58. The number of nitrogens with zero attached hydrogens (tertiary/aromatic N) is 2. The number of rotatable bonds is 6. The normalized spacial score (nSPS) is 10.2. The molecule has 0 aliphatic heterocycles. The lowest BCUT2D eigenvalue weighted by Crippen LogP contribution is -2.30. The molecular weight excluding hydrogens is 230 g/mol. The van der Waals surface area contributed by atoms with Crippen LogP contribution in [0.3, 0.4) is 0 Å². The van der Waals surface area contributed by atoms with E-state index in [0.29, 0.717) is 31.1 Å². The molecule has 0 fully saturated rings. The minimum absolute atomic E-state index is 0.0169. The van der Waals surface area contributed by atoms with E-state index in [-0.39, 0.29) is 5.91 Å². The van der Waals surface area contributed by atoms with Crippen molar-refractivity contribution >= 4 is 11.7 Å². The minimum atomic E-state index is -0.0169. The van der Waals surface area contributed by atoms with Crippen molar-refractivity contribution < 1.29 is 9.53 Å². The summed E-state index contributed by atoms with van der Waals surface area (Å²) in [4.78, 5) is 18.1. The van der Waals surface area contributed by atoms with Gasteiger partial charge in [-0.2, -0.15) is 0 Å². The number of hydrogen-bond donors (Lipinski definition) is 1. The standard InChI is InChI=1S/C13H21N3O2/c1-5-18-7-6-16(4)13(17)11-8-10(2)15-12(9-11)14-3/h8-9H,5-7H2,1-4H3,(H,14,15). The highest BCUT2D eigenvalue weighted by molar-refractivity contribution is 5.94. The Hall–Kier alpha value is -1.62. The van der Waals surface area contributed by atoms with Gasteiger partial charge in [0.2, 0.25) is 0 Å². The van der Waals surface area contributed by atoms with E-state index in [1.807, 2.05) is 13.8 Å². The lowest BCUT2D eigenvalue weighted by Gasteiger charge is -2.17. The van der Waals surface area contributed by atoms with Crippen LogP contribution in [0.15, 0.2) is 12.1 Å². The molecule has 18 heavy (non-hydrogen) atoms. The summed E-state index contributed by atoms with van der Waals surface area (Å²) >= 11 is 0. The molecule has 0 atom stereocenters. The highest BCUT2D eigenvalue weighted by atomic mass is 16.5. The fraction of sp³-hybridized carbons (Fsp3) is 0.538. The maximum Gasteiger partial charge on any atom is 0.253 e. The van der Waals surface area contributed by atoms with Gasteiger partial charge in [-0.05, 0) is 26.0 Å². The van der Waals surface area contributed by atoms with Gasteiger partial charge in [0, 0.05) is 38.5 Å². The van der Waals surface area contributed by atoms with Crippen LogP contribution in [0.1, 0.15) is 23.0 Å². The maximum absolute atomic E-state index is 12.2. The van der Waals surface area contributed by atoms with Crippen molar-refractivity contribution in [3.05, 3.63) is 23.4 Å². The van der Waals surface area contributed by atoms with Crippen molar-refractivity contribution in [3.63, 3.8) is 0 Å². The Morgan fingerprint density at radius 1 is 1.50 bits per heavy atom. The molecule has 1 rings (SSSR count). The van der Waals surface area contributed by atoms with Crippen LogP contribution in [-0.4, -0.2) is 49.6 Å². The summed E-state index contributed by atoms with van der Waals surface area (Å²) in [5, 5.41) is 2.95. The molecule has 0 saturated heterocycles. The first-order valence-corrected chi connectivity index (χ1v) is 6.08. The Morgan fingerprint density at radius 3 is 2.83 bits per heavy atom. The van der Waals surface area contributed by atoms with Crippen LogP contribution in [0, 0.1) is 6.92 Å². The highest BCUT2D eigenvalue weighted by Gasteiger charge is 2.13. The van der Waals surface area contributed by atoms with Gasteiger partial charge in [0.15, 0.2) is 0 Å². The monoisotopic (exact) mass is 251 g/mol. The average molecular weight is 251 g/mol. The Balaban J connectivity index is 2.73. The predicted molar refractivity (Wildman–Crippen MR) is 72.0 cm³/mol. The van der Waals surface area contributed by atoms with E-state index in [0.717, 1.165) is 5.69 Å². The van der Waals surface area contributed by atoms with E-state index in [1.165, 1.54) is 0 Å². The number of carbonyl (C=O) groups is 1. The number of amides is 1. The van der Waals surface area contributed by atoms with Crippen molar-refractivity contribution in [3.8, 4) is 0 Å². The number of aryl methyl sites for hydroxylation is 1. The van der Waals surface area contributed by atoms with Gasteiger partial charge in [-0.25, -0.2) is 4.98 Å². The molecule has 1 heterocycles. The Morgan fingerprint density at radius 2 is 2.22 bits per heavy atom. The van der Waals surface area contributed by atoms with Gasteiger partial charge in [-0.3, -0.25) is 4.79 Å². The molecule has 0 saturated carbocycles. The Kier molecular flexibility index (Phi) is 5.58. The van der Waals surface area contributed by atoms with Crippen LogP contribution in [0.2, 0.25) is 0 Å². The molecule has 5 heteroatoms. The van der Waals surface area contributed by atoms with Crippen molar-refractivity contribution in [2.45, 2.75) is 13.8 Å². The van der Waals surface area contributed by atoms with Gasteiger partial charge >= 0.3 is 0 Å². The van der Waals surface area contributed by atoms with E-state index in [2.05, 4.69) is 10.3 Å². The van der Waals surface area contributed by atoms with Gasteiger partial charge < -0.3 is 15.0 Å². The van der Waals surface area contributed by atoms with Crippen LogP contribution < -0.4 is 5.32 Å². The van der Waals surface area contributed by atoms with Gasteiger partial charge in [-0.1, -0.05) is 0 Å². The first-order valence-electron chi connectivity index (χ1n) is 6.08. The molecule has 0 bridgehead atoms. The van der Waals surface area contributed by atoms with Crippen LogP contribution in [-0.2, 0) is 4.74 Å². The average Bonchev–Trinajstić information content (AvgIpc) is 2.37. The number of likely N-dealkylation sites (N-methyl/N-ethyl adjacent to an activating group) is 1. The topological polar surface area (TPSA) is 54.5 Å². The summed E-state index contributed by atoms with van der Waals surface area (Å²) in [5.74, 6) is 0.688. The van der Waals surface area contributed by atoms with Crippen molar-refractivity contribution in [1.29, 1.82) is 0 Å². The largest absolute Gasteiger partial charge is 0.380 e. The molecule has 1 amide bonds. The molecule has 0 aliphatic carbocycles. The van der Waals surface area contributed by atoms with Gasteiger partial charge in [0.1, 0.15) is 5.82 Å². The van der Waals surface area contributed by atoms with Crippen LogP contribution >= 0.6 is 0 Å². The Labute approximate surface area is 108 Å². The van der Waals surface area contributed by atoms with Gasteiger partial charge in [0.25, 0.3) is 5.91 Å². The highest BCUT2D eigenvalue weighted by Crippen LogP contribution is 2.11. The van der Waals surface area contributed by atoms with E-state index >= 15 is 0 Å². The minimum Gasteiger partial charge on any atom is -0.380 e. The summed E-state index contributed by atoms with van der Waals surface area (Å²) in [6.07, 6.45) is 0. The van der Waals surface area contributed by atoms with Gasteiger partial charge in [-0.15, -0.1) is 0 Å². The predicted octanol–water partition coefficient (Wildman–Crippen LogP) is 1.54. The first-order chi connectivity index (χ1) is 8.58. The first kappa shape index (κ1) is 14.4. The Bertz CT molecular complexity index is 407. The summed E-state index contributed by atoms with van der Waals surface area (Å²) in [6, 6.07) is 3.55.